The fraction of sp³-hybridized carbons (Fsp3) is 0.250. The second kappa shape index (κ2) is 9.78. The van der Waals surface area contributed by atoms with Crippen LogP contribution in [0.2, 0.25) is 0 Å². The van der Waals surface area contributed by atoms with Crippen molar-refractivity contribution in [1.82, 2.24) is 14.5 Å². The summed E-state index contributed by atoms with van der Waals surface area (Å²) in [6.07, 6.45) is 2.78. The minimum atomic E-state index is -3.75. The lowest BCUT2D eigenvalue weighted by Crippen LogP contribution is -2.19. The highest BCUT2D eigenvalue weighted by molar-refractivity contribution is 7.89. The van der Waals surface area contributed by atoms with Gasteiger partial charge in [0.1, 0.15) is 22.3 Å². The summed E-state index contributed by atoms with van der Waals surface area (Å²) in [7, 11) is -1.06. The second-order valence-corrected chi connectivity index (χ2v) is 10.3. The van der Waals surface area contributed by atoms with E-state index in [1.54, 1.807) is 24.3 Å². The van der Waals surface area contributed by atoms with E-state index < -0.39 is 15.9 Å². The number of hydrogen-bond donors (Lipinski definition) is 2. The highest BCUT2D eigenvalue weighted by atomic mass is 32.2. The molecule has 0 radical (unpaired) electrons. The predicted molar refractivity (Wildman–Crippen MR) is 129 cm³/mol. The number of carbonyl (C=O) groups excluding carboxylic acids is 1. The number of carbonyl (C=O) groups is 1. The summed E-state index contributed by atoms with van der Waals surface area (Å²) in [5.41, 5.74) is 1.55. The van der Waals surface area contributed by atoms with Crippen molar-refractivity contribution < 1.29 is 22.3 Å². The molecule has 0 saturated carbocycles. The van der Waals surface area contributed by atoms with Crippen LogP contribution in [-0.4, -0.2) is 38.3 Å². The largest absolute Gasteiger partial charge is 0.495 e. The topological polar surface area (TPSA) is 102 Å². The Bertz CT molecular complexity index is 1320. The van der Waals surface area contributed by atoms with Crippen molar-refractivity contribution in [3.8, 4) is 11.4 Å². The zero-order valence-corrected chi connectivity index (χ0v) is 20.4. The molecule has 1 heterocycles. The van der Waals surface area contributed by atoms with Crippen molar-refractivity contribution in [2.45, 2.75) is 31.1 Å². The Hall–Kier alpha value is -3.50. The van der Waals surface area contributed by atoms with E-state index in [1.165, 1.54) is 55.3 Å². The van der Waals surface area contributed by atoms with Crippen LogP contribution in [0.3, 0.4) is 0 Å². The van der Waals surface area contributed by atoms with Crippen molar-refractivity contribution in [2.24, 2.45) is 0 Å². The first-order chi connectivity index (χ1) is 15.9. The molecular weight excluding hydrogens is 459 g/mol. The van der Waals surface area contributed by atoms with Gasteiger partial charge in [0.2, 0.25) is 15.9 Å². The van der Waals surface area contributed by atoms with Crippen LogP contribution in [0.1, 0.15) is 32.0 Å². The van der Waals surface area contributed by atoms with Crippen LogP contribution in [0.5, 0.6) is 5.75 Å². The summed E-state index contributed by atoms with van der Waals surface area (Å²) in [5, 5.41) is 7.38. The third-order valence-electron chi connectivity index (χ3n) is 4.97. The van der Waals surface area contributed by atoms with Gasteiger partial charge in [0.05, 0.1) is 18.5 Å². The Morgan fingerprint density at radius 3 is 2.38 bits per heavy atom. The molecule has 8 nitrogen and oxygen atoms in total. The van der Waals surface area contributed by atoms with Gasteiger partial charge in [-0.15, -0.1) is 0 Å². The van der Waals surface area contributed by atoms with Crippen LogP contribution < -0.4 is 14.8 Å². The van der Waals surface area contributed by atoms with Crippen LogP contribution >= 0.6 is 0 Å². The van der Waals surface area contributed by atoms with Crippen molar-refractivity contribution in [1.29, 1.82) is 0 Å². The molecule has 0 bridgehead atoms. The quantitative estimate of drug-likeness (QED) is 0.494. The van der Waals surface area contributed by atoms with E-state index in [1.807, 2.05) is 20.8 Å². The van der Waals surface area contributed by atoms with E-state index in [2.05, 4.69) is 15.1 Å². The molecule has 10 heteroatoms. The fourth-order valence-corrected chi connectivity index (χ4v) is 4.00. The number of ether oxygens (including phenoxy) is 1. The summed E-state index contributed by atoms with van der Waals surface area (Å²) < 4.78 is 46.8. The van der Waals surface area contributed by atoms with E-state index >= 15 is 0 Å². The normalized spacial score (nSPS) is 12.2. The smallest absolute Gasteiger partial charge is 0.249 e. The van der Waals surface area contributed by atoms with Crippen LogP contribution in [0.25, 0.3) is 11.8 Å². The molecule has 0 spiro atoms. The Morgan fingerprint density at radius 1 is 1.12 bits per heavy atom. The van der Waals surface area contributed by atoms with Crippen LogP contribution in [0.4, 0.5) is 10.2 Å². The van der Waals surface area contributed by atoms with Gasteiger partial charge in [-0.25, -0.2) is 22.2 Å². The van der Waals surface area contributed by atoms with Crippen LogP contribution in [0, 0.1) is 5.82 Å². The van der Waals surface area contributed by atoms with Gasteiger partial charge in [0, 0.05) is 17.6 Å². The number of benzene rings is 2. The summed E-state index contributed by atoms with van der Waals surface area (Å²) in [6.45, 7) is 5.99. The third kappa shape index (κ3) is 5.70. The van der Waals surface area contributed by atoms with Gasteiger partial charge in [0.25, 0.3) is 0 Å². The number of halogens is 1. The van der Waals surface area contributed by atoms with Gasteiger partial charge < -0.3 is 10.1 Å². The van der Waals surface area contributed by atoms with Gasteiger partial charge in [-0.2, -0.15) is 5.10 Å². The lowest BCUT2D eigenvalue weighted by Gasteiger charge is -2.14. The molecule has 1 aromatic heterocycles. The standard InChI is InChI=1S/C24H27FN4O4S/c1-24(2,3)21-15-22(29(28-21)18-10-8-17(25)9-11-18)27-23(30)13-7-16-6-12-19(33-5)20(14-16)34(31,32)26-4/h6-15,26H,1-5H3,(H,27,30)/b13-7+. The first-order valence-electron chi connectivity index (χ1n) is 10.4. The molecule has 0 saturated heterocycles. The molecule has 2 aromatic carbocycles. The second-order valence-electron chi connectivity index (χ2n) is 8.49. The monoisotopic (exact) mass is 486 g/mol. The highest BCUT2D eigenvalue weighted by Gasteiger charge is 2.21. The molecular formula is C24H27FN4O4S. The number of amides is 1. The Morgan fingerprint density at radius 2 is 1.79 bits per heavy atom. The average Bonchev–Trinajstić information content (AvgIpc) is 3.22. The fourth-order valence-electron chi connectivity index (χ4n) is 3.07. The van der Waals surface area contributed by atoms with Crippen LogP contribution in [-0.2, 0) is 20.2 Å². The zero-order chi connectivity index (χ0) is 25.1. The summed E-state index contributed by atoms with van der Waals surface area (Å²) in [6, 6.07) is 12.1. The number of hydrogen-bond acceptors (Lipinski definition) is 5. The van der Waals surface area contributed by atoms with Crippen molar-refractivity contribution in [2.75, 3.05) is 19.5 Å². The van der Waals surface area contributed by atoms with E-state index in [0.29, 0.717) is 17.1 Å². The first-order valence-corrected chi connectivity index (χ1v) is 11.9. The van der Waals surface area contributed by atoms with Crippen molar-refractivity contribution >= 4 is 27.8 Å². The molecule has 0 atom stereocenters. The van der Waals surface area contributed by atoms with E-state index in [9.17, 15) is 17.6 Å². The zero-order valence-electron chi connectivity index (χ0n) is 19.6. The van der Waals surface area contributed by atoms with Gasteiger partial charge in [0.15, 0.2) is 0 Å². The maximum atomic E-state index is 13.4. The first kappa shape index (κ1) is 25.1. The maximum Gasteiger partial charge on any atom is 0.249 e. The number of aromatic nitrogens is 2. The number of rotatable bonds is 7. The molecule has 180 valence electrons. The Labute approximate surface area is 198 Å². The van der Waals surface area contributed by atoms with E-state index in [-0.39, 0.29) is 21.9 Å². The molecule has 34 heavy (non-hydrogen) atoms. The number of nitrogens with zero attached hydrogens (tertiary/aromatic N) is 2. The van der Waals surface area contributed by atoms with Gasteiger partial charge in [-0.1, -0.05) is 26.8 Å². The number of nitrogens with one attached hydrogen (secondary N) is 2. The van der Waals surface area contributed by atoms with Crippen molar-refractivity contribution in [3.05, 3.63) is 71.7 Å². The average molecular weight is 487 g/mol. The molecule has 0 aliphatic heterocycles. The minimum Gasteiger partial charge on any atom is -0.495 e. The van der Waals surface area contributed by atoms with Gasteiger partial charge >= 0.3 is 0 Å². The Kier molecular flexibility index (Phi) is 7.23. The predicted octanol–water partition coefficient (Wildman–Crippen LogP) is 3.88. The highest BCUT2D eigenvalue weighted by Crippen LogP contribution is 2.27. The molecule has 1 amide bonds. The number of sulfonamides is 1. The molecule has 2 N–H and O–H groups in total. The molecule has 0 aliphatic carbocycles. The van der Waals surface area contributed by atoms with Gasteiger partial charge in [-0.3, -0.25) is 4.79 Å². The SMILES string of the molecule is CNS(=O)(=O)c1cc(/C=C/C(=O)Nc2cc(C(C)(C)C)nn2-c2ccc(F)cc2)ccc1OC. The number of anilines is 1. The summed E-state index contributed by atoms with van der Waals surface area (Å²) >= 11 is 0. The molecule has 0 unspecified atom stereocenters. The molecule has 3 rings (SSSR count). The summed E-state index contributed by atoms with van der Waals surface area (Å²) in [4.78, 5) is 12.7. The minimum absolute atomic E-state index is 0.0377. The van der Waals surface area contributed by atoms with Crippen LogP contribution in [0.15, 0.2) is 59.5 Å². The van der Waals surface area contributed by atoms with E-state index in [4.69, 9.17) is 4.74 Å². The van der Waals surface area contributed by atoms with Gasteiger partial charge in [-0.05, 0) is 55.1 Å². The summed E-state index contributed by atoms with van der Waals surface area (Å²) in [5.74, 6) is -0.217. The third-order valence-corrected chi connectivity index (χ3v) is 6.41. The Balaban J connectivity index is 1.90. The van der Waals surface area contributed by atoms with E-state index in [0.717, 1.165) is 5.69 Å². The lowest BCUT2D eigenvalue weighted by atomic mass is 9.92. The number of methoxy groups -OCH3 is 1. The lowest BCUT2D eigenvalue weighted by molar-refractivity contribution is -0.111. The molecule has 3 aromatic rings. The van der Waals surface area contributed by atoms with Crippen molar-refractivity contribution in [3.63, 3.8) is 0 Å². The molecule has 0 aliphatic rings. The maximum absolute atomic E-state index is 13.4. The molecule has 0 fully saturated rings.